The van der Waals surface area contributed by atoms with Crippen molar-refractivity contribution in [3.8, 4) is 0 Å². The molecule has 0 bridgehead atoms. The van der Waals surface area contributed by atoms with E-state index in [-0.39, 0.29) is 33.3 Å². The Kier molecular flexibility index (Phi) is 5.41. The average Bonchev–Trinajstić information content (AvgIpc) is 2.75. The number of thiol groups is 1. The maximum Gasteiger partial charge on any atom is 0.310 e. The van der Waals surface area contributed by atoms with Crippen LogP contribution in [-0.4, -0.2) is 22.1 Å². The molecule has 4 heteroatoms. The number of hydrogen-bond acceptors (Lipinski definition) is 3. The number of allylic oxidation sites excluding steroid dienone is 2. The largest absolute Gasteiger partial charge is 0.481 e. The fourth-order valence-electron chi connectivity index (χ4n) is 10.7. The highest BCUT2D eigenvalue weighted by atomic mass is 32.1. The van der Waals surface area contributed by atoms with Crippen molar-refractivity contribution in [1.29, 1.82) is 0 Å². The highest BCUT2D eigenvalue weighted by Crippen LogP contribution is 2.75. The number of hydrogen-bond donors (Lipinski definition) is 2. The van der Waals surface area contributed by atoms with Gasteiger partial charge in [0.15, 0.2) is 5.78 Å². The van der Waals surface area contributed by atoms with Crippen molar-refractivity contribution in [3.63, 3.8) is 0 Å². The van der Waals surface area contributed by atoms with Crippen LogP contribution in [0.3, 0.4) is 0 Å². The Balaban J connectivity index is 1.65. The number of carbonyl (C=O) groups is 2. The van der Waals surface area contributed by atoms with E-state index in [1.807, 2.05) is 6.92 Å². The van der Waals surface area contributed by atoms with E-state index in [9.17, 15) is 14.7 Å². The molecule has 5 aliphatic rings. The highest BCUT2D eigenvalue weighted by molar-refractivity contribution is 7.81. The summed E-state index contributed by atoms with van der Waals surface area (Å²) in [6.07, 6.45) is 10.6. The monoisotopic (exact) mass is 486 g/mol. The Morgan fingerprint density at radius 2 is 1.65 bits per heavy atom. The zero-order valence-corrected chi connectivity index (χ0v) is 23.3. The molecule has 0 heterocycles. The first-order chi connectivity index (χ1) is 15.7. The van der Waals surface area contributed by atoms with Gasteiger partial charge in [0.05, 0.1) is 5.41 Å². The quantitative estimate of drug-likeness (QED) is 0.385. The second-order valence-corrected chi connectivity index (χ2v) is 15.1. The maximum absolute atomic E-state index is 14.3. The summed E-state index contributed by atoms with van der Waals surface area (Å²) in [5.74, 6) is 1.21. The van der Waals surface area contributed by atoms with Crippen LogP contribution in [0.15, 0.2) is 11.6 Å². The first-order valence-corrected chi connectivity index (χ1v) is 14.4. The first kappa shape index (κ1) is 24.9. The molecule has 0 spiro atoms. The van der Waals surface area contributed by atoms with Crippen LogP contribution < -0.4 is 0 Å². The third kappa shape index (κ3) is 2.79. The molecule has 4 fully saturated rings. The van der Waals surface area contributed by atoms with Gasteiger partial charge in [-0.3, -0.25) is 9.59 Å². The van der Waals surface area contributed by atoms with Crippen LogP contribution in [0.4, 0.5) is 0 Å². The zero-order valence-electron chi connectivity index (χ0n) is 22.4. The molecule has 0 aromatic rings. The summed E-state index contributed by atoms with van der Waals surface area (Å²) in [5, 5.41) is 10.2. The van der Waals surface area contributed by atoms with Crippen LogP contribution in [0, 0.1) is 56.7 Å². The molecule has 0 radical (unpaired) electrons. The van der Waals surface area contributed by atoms with Crippen LogP contribution >= 0.6 is 12.6 Å². The van der Waals surface area contributed by atoms with Gasteiger partial charge in [-0.1, -0.05) is 47.1 Å². The molecule has 2 unspecified atom stereocenters. The Morgan fingerprint density at radius 3 is 2.29 bits per heavy atom. The van der Waals surface area contributed by atoms with Crippen LogP contribution in [-0.2, 0) is 9.59 Å². The summed E-state index contributed by atoms with van der Waals surface area (Å²) in [6.45, 7) is 16.4. The SMILES string of the molecule is C[C@H]1[C@H](C)CC[C@]2(C)CC[C@]3(C)C(=CC(=O)[C@@H]4[C@@]5(C)CC[C@@H](S)C(C)(C(=O)O)C5CC[C@]43C)[C@H]12. The van der Waals surface area contributed by atoms with Gasteiger partial charge in [0.2, 0.25) is 0 Å². The van der Waals surface area contributed by atoms with Crippen molar-refractivity contribution < 1.29 is 14.7 Å². The van der Waals surface area contributed by atoms with Crippen LogP contribution in [0.5, 0.6) is 0 Å². The number of aliphatic carboxylic acids is 1. The standard InChI is InChI=1S/C30H46O3S/c1-17-8-11-26(3)14-15-28(5)19(23(26)18(17)2)16-20(31)24-27(4)12-10-22(34)30(7,25(32)33)21(27)9-13-29(24,28)6/h16-18,21-24,34H,8-15H2,1-7H3,(H,32,33)/t17-,18+,21?,22-,23+,24-,26-,27+,28-,29-,30?/m1/s1. The van der Waals surface area contributed by atoms with Crippen molar-refractivity contribution in [2.45, 2.75) is 105 Å². The van der Waals surface area contributed by atoms with Gasteiger partial charge in [-0.2, -0.15) is 12.6 Å². The molecule has 3 nitrogen and oxygen atoms in total. The van der Waals surface area contributed by atoms with Gasteiger partial charge < -0.3 is 5.11 Å². The Morgan fingerprint density at radius 1 is 0.971 bits per heavy atom. The van der Waals surface area contributed by atoms with E-state index in [2.05, 4.69) is 47.6 Å². The van der Waals surface area contributed by atoms with Crippen molar-refractivity contribution in [1.82, 2.24) is 0 Å². The normalized spacial score (nSPS) is 56.9. The van der Waals surface area contributed by atoms with E-state index >= 15 is 0 Å². The van der Waals surface area contributed by atoms with Gasteiger partial charge in [-0.05, 0) is 110 Å². The summed E-state index contributed by atoms with van der Waals surface area (Å²) < 4.78 is 0. The minimum Gasteiger partial charge on any atom is -0.481 e. The van der Waals surface area contributed by atoms with Gasteiger partial charge >= 0.3 is 5.97 Å². The minimum absolute atomic E-state index is 0.00644. The van der Waals surface area contributed by atoms with E-state index in [4.69, 9.17) is 12.6 Å². The predicted molar refractivity (Wildman–Crippen MR) is 140 cm³/mol. The molecule has 5 rings (SSSR count). The average molecular weight is 487 g/mol. The van der Waals surface area contributed by atoms with Crippen LogP contribution in [0.2, 0.25) is 0 Å². The number of carbonyl (C=O) groups excluding carboxylic acids is 1. The zero-order chi connectivity index (χ0) is 25.1. The van der Waals surface area contributed by atoms with Crippen molar-refractivity contribution in [2.24, 2.45) is 56.7 Å². The number of carboxylic acid groups (broad SMARTS) is 1. The number of ketones is 1. The molecular weight excluding hydrogens is 440 g/mol. The fourth-order valence-corrected chi connectivity index (χ4v) is 11.1. The lowest BCUT2D eigenvalue weighted by atomic mass is 9.33. The third-order valence-electron chi connectivity index (χ3n) is 13.2. The van der Waals surface area contributed by atoms with Gasteiger partial charge in [0, 0.05) is 11.2 Å². The summed E-state index contributed by atoms with van der Waals surface area (Å²) in [4.78, 5) is 26.9. The van der Waals surface area contributed by atoms with Gasteiger partial charge in [0.1, 0.15) is 0 Å². The van der Waals surface area contributed by atoms with Gasteiger partial charge in [-0.25, -0.2) is 0 Å². The molecule has 190 valence electrons. The second-order valence-electron chi connectivity index (χ2n) is 14.4. The van der Waals surface area contributed by atoms with Gasteiger partial charge in [-0.15, -0.1) is 0 Å². The summed E-state index contributed by atoms with van der Waals surface area (Å²) in [5.41, 5.74) is 0.453. The third-order valence-corrected chi connectivity index (χ3v) is 14.0. The summed E-state index contributed by atoms with van der Waals surface area (Å²) in [7, 11) is 0. The molecule has 1 N–H and O–H groups in total. The fraction of sp³-hybridized carbons (Fsp3) is 0.867. The van der Waals surface area contributed by atoms with Crippen LogP contribution in [0.25, 0.3) is 0 Å². The Bertz CT molecular complexity index is 957. The Hall–Kier alpha value is -0.770. The molecule has 0 saturated heterocycles. The van der Waals surface area contributed by atoms with E-state index in [0.717, 1.165) is 32.1 Å². The van der Waals surface area contributed by atoms with E-state index in [1.165, 1.54) is 24.8 Å². The number of rotatable bonds is 1. The van der Waals surface area contributed by atoms with Crippen molar-refractivity contribution in [2.75, 3.05) is 0 Å². The van der Waals surface area contributed by atoms with E-state index in [0.29, 0.717) is 29.0 Å². The Labute approximate surface area is 212 Å². The predicted octanol–water partition coefficient (Wildman–Crippen LogP) is 7.21. The molecule has 11 atom stereocenters. The lowest BCUT2D eigenvalue weighted by Crippen LogP contribution is -2.67. The first-order valence-electron chi connectivity index (χ1n) is 13.8. The molecule has 0 amide bonds. The number of fused-ring (bicyclic) bond motifs is 7. The van der Waals surface area contributed by atoms with E-state index < -0.39 is 11.4 Å². The number of carboxylic acids is 1. The molecule has 4 saturated carbocycles. The topological polar surface area (TPSA) is 54.4 Å². The summed E-state index contributed by atoms with van der Waals surface area (Å²) >= 11 is 4.79. The highest BCUT2D eigenvalue weighted by Gasteiger charge is 2.71. The summed E-state index contributed by atoms with van der Waals surface area (Å²) in [6, 6.07) is 0. The van der Waals surface area contributed by atoms with E-state index in [1.54, 1.807) is 0 Å². The molecular formula is C30H46O3S. The lowest BCUT2D eigenvalue weighted by Gasteiger charge is -2.70. The van der Waals surface area contributed by atoms with Crippen molar-refractivity contribution >= 4 is 24.4 Å². The smallest absolute Gasteiger partial charge is 0.310 e. The van der Waals surface area contributed by atoms with Crippen LogP contribution in [0.1, 0.15) is 99.8 Å². The molecule has 0 aromatic heterocycles. The minimum atomic E-state index is -0.888. The molecule has 0 aromatic carbocycles. The second kappa shape index (κ2) is 7.39. The molecule has 0 aliphatic heterocycles. The van der Waals surface area contributed by atoms with Gasteiger partial charge in [0.25, 0.3) is 0 Å². The molecule has 34 heavy (non-hydrogen) atoms. The molecule has 5 aliphatic carbocycles. The maximum atomic E-state index is 14.3. The van der Waals surface area contributed by atoms with Crippen molar-refractivity contribution in [3.05, 3.63) is 11.6 Å². The lowest BCUT2D eigenvalue weighted by molar-refractivity contribution is -0.196.